The smallest absolute Gasteiger partial charge is 0.222 e. The van der Waals surface area contributed by atoms with Gasteiger partial charge in [0.1, 0.15) is 11.5 Å². The molecule has 0 bridgehead atoms. The maximum atomic E-state index is 12.7. The quantitative estimate of drug-likeness (QED) is 0.735. The Morgan fingerprint density at radius 1 is 1.32 bits per heavy atom. The largest absolute Gasteiger partial charge is 0.342 e. The third kappa shape index (κ3) is 3.29. The van der Waals surface area contributed by atoms with Crippen LogP contribution in [-0.4, -0.2) is 42.8 Å². The van der Waals surface area contributed by atoms with Crippen molar-refractivity contribution >= 4 is 11.6 Å². The molecule has 1 atom stereocenters. The van der Waals surface area contributed by atoms with E-state index in [0.717, 1.165) is 43.1 Å². The van der Waals surface area contributed by atoms with Gasteiger partial charge in [0.05, 0.1) is 5.69 Å². The summed E-state index contributed by atoms with van der Waals surface area (Å²) in [6.45, 7) is 1.62. The maximum Gasteiger partial charge on any atom is 0.222 e. The lowest BCUT2D eigenvalue weighted by molar-refractivity contribution is -0.132. The molecule has 1 fully saturated rings. The van der Waals surface area contributed by atoms with Gasteiger partial charge in [-0.05, 0) is 31.4 Å². The summed E-state index contributed by atoms with van der Waals surface area (Å²) in [5.74, 6) is 1.64. The molecule has 1 aliphatic rings. The van der Waals surface area contributed by atoms with Gasteiger partial charge in [-0.2, -0.15) is 0 Å². The summed E-state index contributed by atoms with van der Waals surface area (Å²) in [6, 6.07) is 5.94. The zero-order chi connectivity index (χ0) is 17.2. The topological polar surface area (TPSA) is 55.4 Å². The lowest BCUT2D eigenvalue weighted by atomic mass is 9.96. The average molecular weight is 337 g/mol. The molecular formula is C19H23N5O. The van der Waals surface area contributed by atoms with Crippen LogP contribution >= 0.6 is 0 Å². The molecule has 3 aromatic rings. The molecule has 6 heteroatoms. The van der Waals surface area contributed by atoms with E-state index in [-0.39, 0.29) is 5.91 Å². The number of aryl methyl sites for hydroxylation is 2. The standard InChI is InChI=1S/C19H23N5O/c1-22-12-9-20-19(22)15-5-4-11-24(13-15)18(25)8-7-16-14-23-10-3-2-6-17(23)21-16/h2-3,6,9-10,12,14-15H,4-5,7-8,11,13H2,1H3. The number of nitrogens with zero attached hydrogens (tertiary/aromatic N) is 5. The molecule has 130 valence electrons. The van der Waals surface area contributed by atoms with E-state index in [2.05, 4.69) is 14.5 Å². The zero-order valence-electron chi connectivity index (χ0n) is 14.5. The minimum atomic E-state index is 0.218. The van der Waals surface area contributed by atoms with Gasteiger partial charge in [0.25, 0.3) is 0 Å². The van der Waals surface area contributed by atoms with Gasteiger partial charge in [-0.1, -0.05) is 6.07 Å². The van der Waals surface area contributed by atoms with Crippen molar-refractivity contribution in [2.24, 2.45) is 7.05 Å². The SMILES string of the molecule is Cn1ccnc1C1CCCN(C(=O)CCc2cn3ccccc3n2)C1. The van der Waals surface area contributed by atoms with Crippen molar-refractivity contribution < 1.29 is 4.79 Å². The molecule has 1 aliphatic heterocycles. The molecule has 0 aromatic carbocycles. The number of imidazole rings is 2. The number of amides is 1. The number of carbonyl (C=O) groups excluding carboxylic acids is 1. The fourth-order valence-electron chi connectivity index (χ4n) is 3.69. The highest BCUT2D eigenvalue weighted by atomic mass is 16.2. The number of piperidine rings is 1. The molecule has 25 heavy (non-hydrogen) atoms. The highest BCUT2D eigenvalue weighted by Crippen LogP contribution is 2.25. The summed E-state index contributed by atoms with van der Waals surface area (Å²) in [4.78, 5) is 23.7. The first-order valence-corrected chi connectivity index (χ1v) is 8.88. The average Bonchev–Trinajstić information content (AvgIpc) is 3.25. The summed E-state index contributed by atoms with van der Waals surface area (Å²) in [6.07, 6.45) is 11.1. The van der Waals surface area contributed by atoms with Gasteiger partial charge in [0.15, 0.2) is 0 Å². The molecule has 6 nitrogen and oxygen atoms in total. The van der Waals surface area contributed by atoms with Crippen LogP contribution in [0.3, 0.4) is 0 Å². The van der Waals surface area contributed by atoms with Crippen LogP contribution in [0.4, 0.5) is 0 Å². The van der Waals surface area contributed by atoms with Gasteiger partial charge in [-0.15, -0.1) is 0 Å². The van der Waals surface area contributed by atoms with Gasteiger partial charge in [-0.3, -0.25) is 4.79 Å². The van der Waals surface area contributed by atoms with Crippen molar-refractivity contribution in [3.63, 3.8) is 0 Å². The Labute approximate surface area is 147 Å². The summed E-state index contributed by atoms with van der Waals surface area (Å²) in [5, 5.41) is 0. The number of carbonyl (C=O) groups is 1. The Bertz CT molecular complexity index is 848. The van der Waals surface area contributed by atoms with Crippen LogP contribution in [0.5, 0.6) is 0 Å². The Balaban J connectivity index is 1.38. The summed E-state index contributed by atoms with van der Waals surface area (Å²) >= 11 is 0. The predicted molar refractivity (Wildman–Crippen MR) is 95.3 cm³/mol. The fraction of sp³-hybridized carbons (Fsp3) is 0.421. The van der Waals surface area contributed by atoms with Gasteiger partial charge >= 0.3 is 0 Å². The molecule has 0 aliphatic carbocycles. The van der Waals surface area contributed by atoms with E-state index in [1.54, 1.807) is 0 Å². The number of fused-ring (bicyclic) bond motifs is 1. The number of hydrogen-bond donors (Lipinski definition) is 0. The number of hydrogen-bond acceptors (Lipinski definition) is 3. The van der Waals surface area contributed by atoms with Crippen molar-refractivity contribution in [1.82, 2.24) is 23.8 Å². The lowest BCUT2D eigenvalue weighted by Crippen LogP contribution is -2.39. The van der Waals surface area contributed by atoms with Gasteiger partial charge in [0, 0.05) is 57.3 Å². The molecule has 1 unspecified atom stereocenters. The number of likely N-dealkylation sites (tertiary alicyclic amines) is 1. The molecule has 1 amide bonds. The molecule has 0 radical (unpaired) electrons. The van der Waals surface area contributed by atoms with Gasteiger partial charge in [-0.25, -0.2) is 9.97 Å². The monoisotopic (exact) mass is 337 g/mol. The Morgan fingerprint density at radius 2 is 2.24 bits per heavy atom. The molecular weight excluding hydrogens is 314 g/mol. The summed E-state index contributed by atoms with van der Waals surface area (Å²) < 4.78 is 4.06. The first-order valence-electron chi connectivity index (χ1n) is 8.88. The fourth-order valence-corrected chi connectivity index (χ4v) is 3.69. The number of rotatable bonds is 4. The summed E-state index contributed by atoms with van der Waals surface area (Å²) in [7, 11) is 2.02. The Hall–Kier alpha value is -2.63. The van der Waals surface area contributed by atoms with E-state index in [9.17, 15) is 4.79 Å². The van der Waals surface area contributed by atoms with Crippen LogP contribution in [0.2, 0.25) is 0 Å². The van der Waals surface area contributed by atoms with Crippen molar-refractivity contribution in [3.8, 4) is 0 Å². The van der Waals surface area contributed by atoms with Crippen LogP contribution in [0.1, 0.15) is 36.7 Å². The van der Waals surface area contributed by atoms with Gasteiger partial charge in [0.2, 0.25) is 5.91 Å². The van der Waals surface area contributed by atoms with Crippen LogP contribution in [0, 0.1) is 0 Å². The Kier molecular flexibility index (Phi) is 4.26. The number of aromatic nitrogens is 4. The van der Waals surface area contributed by atoms with Crippen molar-refractivity contribution in [1.29, 1.82) is 0 Å². The van der Waals surface area contributed by atoms with E-state index in [1.807, 2.05) is 59.3 Å². The highest BCUT2D eigenvalue weighted by Gasteiger charge is 2.26. The predicted octanol–water partition coefficient (Wildman–Crippen LogP) is 2.41. The van der Waals surface area contributed by atoms with Crippen LogP contribution in [0.15, 0.2) is 43.0 Å². The minimum Gasteiger partial charge on any atom is -0.342 e. The normalized spacial score (nSPS) is 18.0. The molecule has 4 rings (SSSR count). The van der Waals surface area contributed by atoms with Crippen LogP contribution in [-0.2, 0) is 18.3 Å². The third-order valence-electron chi connectivity index (χ3n) is 5.01. The molecule has 4 heterocycles. The molecule has 0 N–H and O–H groups in total. The van der Waals surface area contributed by atoms with E-state index in [1.165, 1.54) is 0 Å². The summed E-state index contributed by atoms with van der Waals surface area (Å²) in [5.41, 5.74) is 1.90. The van der Waals surface area contributed by atoms with Crippen molar-refractivity contribution in [2.75, 3.05) is 13.1 Å². The maximum absolute atomic E-state index is 12.7. The third-order valence-corrected chi connectivity index (χ3v) is 5.01. The van der Waals surface area contributed by atoms with Gasteiger partial charge < -0.3 is 13.9 Å². The second-order valence-corrected chi connectivity index (χ2v) is 6.77. The van der Waals surface area contributed by atoms with Crippen LogP contribution < -0.4 is 0 Å². The van der Waals surface area contributed by atoms with Crippen molar-refractivity contribution in [3.05, 3.63) is 54.5 Å². The second-order valence-electron chi connectivity index (χ2n) is 6.77. The zero-order valence-corrected chi connectivity index (χ0v) is 14.5. The van der Waals surface area contributed by atoms with E-state index >= 15 is 0 Å². The molecule has 0 saturated carbocycles. The van der Waals surface area contributed by atoms with E-state index in [0.29, 0.717) is 18.8 Å². The van der Waals surface area contributed by atoms with Crippen LogP contribution in [0.25, 0.3) is 5.65 Å². The van der Waals surface area contributed by atoms with Crippen molar-refractivity contribution in [2.45, 2.75) is 31.6 Å². The highest BCUT2D eigenvalue weighted by molar-refractivity contribution is 5.76. The minimum absolute atomic E-state index is 0.218. The first kappa shape index (κ1) is 15.9. The van der Waals surface area contributed by atoms with E-state index < -0.39 is 0 Å². The molecule has 3 aromatic heterocycles. The second kappa shape index (κ2) is 6.70. The molecule has 0 spiro atoms. The number of pyridine rings is 1. The van der Waals surface area contributed by atoms with E-state index in [4.69, 9.17) is 0 Å². The molecule has 1 saturated heterocycles. The lowest BCUT2D eigenvalue weighted by Gasteiger charge is -2.32. The Morgan fingerprint density at radius 3 is 3.04 bits per heavy atom. The first-order chi connectivity index (χ1) is 12.2.